The first-order valence-electron chi connectivity index (χ1n) is 3.51. The van der Waals surface area contributed by atoms with Gasteiger partial charge in [0.05, 0.1) is 11.3 Å². The highest BCUT2D eigenvalue weighted by atomic mass is 79.9. The van der Waals surface area contributed by atoms with Crippen molar-refractivity contribution in [2.75, 3.05) is 11.1 Å². The van der Waals surface area contributed by atoms with Gasteiger partial charge < -0.3 is 4.90 Å². The van der Waals surface area contributed by atoms with Crippen LogP contribution in [0.1, 0.15) is 0 Å². The summed E-state index contributed by atoms with van der Waals surface area (Å²) in [4.78, 5) is 13.1. The monoisotopic (exact) mass is 233 g/mol. The molecule has 0 aliphatic carbocycles. The van der Waals surface area contributed by atoms with Crippen LogP contribution in [0.4, 0.5) is 0 Å². The molecule has 2 rings (SSSR count). The summed E-state index contributed by atoms with van der Waals surface area (Å²) in [5.41, 5.74) is 0. The molecule has 0 aromatic carbocycles. The second-order valence-corrected chi connectivity index (χ2v) is 4.41. The van der Waals surface area contributed by atoms with Crippen LogP contribution in [0, 0.1) is 5.92 Å². The van der Waals surface area contributed by atoms with E-state index < -0.39 is 0 Å². The Morgan fingerprint density at radius 2 is 2.64 bits per heavy atom. The Bertz CT molecular complexity index is 218. The molecule has 0 bridgehead atoms. The standard InChI is InChI=1S/C7H8BrNOS/c8-4-5-6(10)9-2-1-3-11-7(5)9/h1-2,5,7H,3-4H2/t5?,7-/m0/s1. The van der Waals surface area contributed by atoms with Crippen LogP contribution in [0.2, 0.25) is 0 Å². The normalized spacial score (nSPS) is 35.0. The minimum Gasteiger partial charge on any atom is -0.306 e. The van der Waals surface area contributed by atoms with Crippen LogP contribution in [0.15, 0.2) is 12.3 Å². The summed E-state index contributed by atoms with van der Waals surface area (Å²) in [6, 6.07) is 0. The predicted octanol–water partition coefficient (Wildman–Crippen LogP) is 1.43. The van der Waals surface area contributed by atoms with E-state index in [0.29, 0.717) is 5.37 Å². The fourth-order valence-corrected chi connectivity index (χ4v) is 3.41. The van der Waals surface area contributed by atoms with Crippen molar-refractivity contribution in [1.82, 2.24) is 4.90 Å². The Kier molecular flexibility index (Phi) is 1.97. The average Bonchev–Trinajstić information content (AvgIpc) is 2.05. The lowest BCUT2D eigenvalue weighted by Gasteiger charge is -2.45. The molecule has 60 valence electrons. The molecule has 0 aromatic heterocycles. The van der Waals surface area contributed by atoms with Gasteiger partial charge >= 0.3 is 0 Å². The van der Waals surface area contributed by atoms with Gasteiger partial charge in [0.15, 0.2) is 0 Å². The van der Waals surface area contributed by atoms with Crippen molar-refractivity contribution in [1.29, 1.82) is 0 Å². The Hall–Kier alpha value is 0.0400. The van der Waals surface area contributed by atoms with Crippen LogP contribution in [-0.2, 0) is 4.79 Å². The van der Waals surface area contributed by atoms with E-state index in [-0.39, 0.29) is 11.8 Å². The lowest BCUT2D eigenvalue weighted by Crippen LogP contribution is -2.58. The average molecular weight is 234 g/mol. The summed E-state index contributed by atoms with van der Waals surface area (Å²) in [5.74, 6) is 1.51. The number of amides is 1. The first kappa shape index (κ1) is 7.68. The first-order valence-corrected chi connectivity index (χ1v) is 5.68. The molecule has 0 saturated carbocycles. The predicted molar refractivity (Wildman–Crippen MR) is 49.5 cm³/mol. The van der Waals surface area contributed by atoms with Crippen molar-refractivity contribution in [2.24, 2.45) is 5.92 Å². The van der Waals surface area contributed by atoms with E-state index in [0.717, 1.165) is 11.1 Å². The van der Waals surface area contributed by atoms with E-state index in [4.69, 9.17) is 0 Å². The zero-order chi connectivity index (χ0) is 7.84. The number of β-lactam (4-membered cyclic amide) rings is 1. The van der Waals surface area contributed by atoms with Gasteiger partial charge in [-0.3, -0.25) is 4.79 Å². The van der Waals surface area contributed by atoms with E-state index in [2.05, 4.69) is 15.9 Å². The molecule has 2 heterocycles. The van der Waals surface area contributed by atoms with Gasteiger partial charge in [-0.25, -0.2) is 0 Å². The fourth-order valence-electron chi connectivity index (χ4n) is 1.36. The Morgan fingerprint density at radius 3 is 3.36 bits per heavy atom. The lowest BCUT2D eigenvalue weighted by atomic mass is 10.0. The molecule has 1 unspecified atom stereocenters. The largest absolute Gasteiger partial charge is 0.306 e. The van der Waals surface area contributed by atoms with E-state index in [1.54, 1.807) is 0 Å². The Morgan fingerprint density at radius 1 is 1.82 bits per heavy atom. The van der Waals surface area contributed by atoms with Gasteiger partial charge in [-0.1, -0.05) is 22.0 Å². The number of thioether (sulfide) groups is 1. The third-order valence-electron chi connectivity index (χ3n) is 1.99. The van der Waals surface area contributed by atoms with Crippen LogP contribution in [-0.4, -0.2) is 27.3 Å². The summed E-state index contributed by atoms with van der Waals surface area (Å²) in [7, 11) is 0. The summed E-state index contributed by atoms with van der Waals surface area (Å²) in [6.45, 7) is 0. The van der Waals surface area contributed by atoms with E-state index in [1.807, 2.05) is 28.9 Å². The molecule has 11 heavy (non-hydrogen) atoms. The lowest BCUT2D eigenvalue weighted by molar-refractivity contribution is -0.144. The van der Waals surface area contributed by atoms with Crippen molar-refractivity contribution in [2.45, 2.75) is 5.37 Å². The van der Waals surface area contributed by atoms with Crippen molar-refractivity contribution in [3.8, 4) is 0 Å². The van der Waals surface area contributed by atoms with Crippen LogP contribution in [0.5, 0.6) is 0 Å². The second-order valence-electron chi connectivity index (χ2n) is 2.61. The molecular formula is C7H8BrNOS. The van der Waals surface area contributed by atoms with Gasteiger partial charge in [-0.05, 0) is 0 Å². The maximum Gasteiger partial charge on any atom is 0.234 e. The fraction of sp³-hybridized carbons (Fsp3) is 0.571. The molecule has 4 heteroatoms. The molecule has 1 amide bonds. The van der Waals surface area contributed by atoms with Gasteiger partial charge in [-0.2, -0.15) is 0 Å². The molecule has 0 aromatic rings. The number of alkyl halides is 1. The smallest absolute Gasteiger partial charge is 0.234 e. The zero-order valence-electron chi connectivity index (χ0n) is 5.87. The van der Waals surface area contributed by atoms with E-state index in [1.165, 1.54) is 0 Å². The number of hydrogen-bond donors (Lipinski definition) is 0. The quantitative estimate of drug-likeness (QED) is 0.505. The van der Waals surface area contributed by atoms with Gasteiger partial charge in [-0.15, -0.1) is 11.8 Å². The van der Waals surface area contributed by atoms with Crippen molar-refractivity contribution < 1.29 is 4.79 Å². The highest BCUT2D eigenvalue weighted by Gasteiger charge is 2.46. The Labute approximate surface area is 78.1 Å². The molecule has 1 fully saturated rings. The molecule has 2 nitrogen and oxygen atoms in total. The first-order chi connectivity index (χ1) is 5.34. The molecule has 0 N–H and O–H groups in total. The topological polar surface area (TPSA) is 20.3 Å². The number of fused-ring (bicyclic) bond motifs is 1. The highest BCUT2D eigenvalue weighted by molar-refractivity contribution is 9.09. The second kappa shape index (κ2) is 2.83. The van der Waals surface area contributed by atoms with Gasteiger partial charge in [0.25, 0.3) is 0 Å². The van der Waals surface area contributed by atoms with Gasteiger partial charge in [0.2, 0.25) is 5.91 Å². The molecule has 0 spiro atoms. The van der Waals surface area contributed by atoms with Crippen LogP contribution < -0.4 is 0 Å². The van der Waals surface area contributed by atoms with Gasteiger partial charge in [0, 0.05) is 17.3 Å². The van der Waals surface area contributed by atoms with E-state index in [9.17, 15) is 4.79 Å². The summed E-state index contributed by atoms with van der Waals surface area (Å²) >= 11 is 5.18. The molecule has 2 atom stereocenters. The maximum absolute atomic E-state index is 11.3. The molecule has 2 aliphatic heterocycles. The number of carbonyl (C=O) groups excluding carboxylic acids is 1. The zero-order valence-corrected chi connectivity index (χ0v) is 8.27. The minimum absolute atomic E-state index is 0.213. The molecule has 0 radical (unpaired) electrons. The maximum atomic E-state index is 11.3. The highest BCUT2D eigenvalue weighted by Crippen LogP contribution is 2.38. The number of nitrogens with zero attached hydrogens (tertiary/aromatic N) is 1. The number of rotatable bonds is 1. The number of halogens is 1. The molecule has 1 saturated heterocycles. The van der Waals surface area contributed by atoms with Crippen LogP contribution in [0.3, 0.4) is 0 Å². The van der Waals surface area contributed by atoms with Crippen molar-refractivity contribution in [3.63, 3.8) is 0 Å². The molecular weight excluding hydrogens is 226 g/mol. The number of carbonyl (C=O) groups is 1. The molecule has 2 aliphatic rings. The minimum atomic E-state index is 0.213. The SMILES string of the molecule is O=C1C(CBr)[C@@H]2SCC=CN12. The summed E-state index contributed by atoms with van der Waals surface area (Å²) < 4.78 is 0. The summed E-state index contributed by atoms with van der Waals surface area (Å²) in [5, 5.41) is 1.21. The van der Waals surface area contributed by atoms with Crippen molar-refractivity contribution in [3.05, 3.63) is 12.3 Å². The van der Waals surface area contributed by atoms with E-state index >= 15 is 0 Å². The van der Waals surface area contributed by atoms with Crippen LogP contribution >= 0.6 is 27.7 Å². The van der Waals surface area contributed by atoms with Crippen molar-refractivity contribution >= 4 is 33.6 Å². The van der Waals surface area contributed by atoms with Crippen LogP contribution in [0.25, 0.3) is 0 Å². The third kappa shape index (κ3) is 1.04. The summed E-state index contributed by atoms with van der Waals surface area (Å²) in [6.07, 6.45) is 3.94. The third-order valence-corrected chi connectivity index (χ3v) is 3.97. The van der Waals surface area contributed by atoms with Gasteiger partial charge in [0.1, 0.15) is 0 Å². The number of hydrogen-bond acceptors (Lipinski definition) is 2. The Balaban J connectivity index is 2.12.